The Labute approximate surface area is 170 Å². The Morgan fingerprint density at radius 2 is 1.69 bits per heavy atom. The van der Waals surface area contributed by atoms with E-state index >= 15 is 0 Å². The van der Waals surface area contributed by atoms with E-state index in [1.165, 1.54) is 33.5 Å². The third kappa shape index (κ3) is 5.75. The van der Waals surface area contributed by atoms with Gasteiger partial charge in [-0.2, -0.15) is 0 Å². The SMILES string of the molecule is COc1ccc(C(=O)OCC(=O)NC(=O)N[C@H]2CCCC[C@@H]2C)c(OC)c1OC. The van der Waals surface area contributed by atoms with Crippen LogP contribution in [0.5, 0.6) is 17.2 Å². The number of nitrogens with one attached hydrogen (secondary N) is 2. The molecular weight excluding hydrogens is 380 g/mol. The number of urea groups is 1. The number of hydrogen-bond acceptors (Lipinski definition) is 7. The zero-order valence-electron chi connectivity index (χ0n) is 17.2. The van der Waals surface area contributed by atoms with E-state index in [4.69, 9.17) is 18.9 Å². The molecule has 0 radical (unpaired) electrons. The van der Waals surface area contributed by atoms with E-state index in [2.05, 4.69) is 17.6 Å². The highest BCUT2D eigenvalue weighted by molar-refractivity contribution is 5.98. The molecule has 9 heteroatoms. The molecule has 0 unspecified atom stereocenters. The number of carbonyl (C=O) groups excluding carboxylic acids is 3. The summed E-state index contributed by atoms with van der Waals surface area (Å²) in [6.45, 7) is 1.47. The molecule has 0 spiro atoms. The summed E-state index contributed by atoms with van der Waals surface area (Å²) in [7, 11) is 4.24. The molecule has 1 aromatic rings. The van der Waals surface area contributed by atoms with Crippen LogP contribution in [-0.4, -0.2) is 51.9 Å². The van der Waals surface area contributed by atoms with E-state index in [9.17, 15) is 14.4 Å². The van der Waals surface area contributed by atoms with E-state index in [1.54, 1.807) is 0 Å². The number of methoxy groups -OCH3 is 3. The Morgan fingerprint density at radius 1 is 1.00 bits per heavy atom. The Morgan fingerprint density at radius 3 is 2.31 bits per heavy atom. The normalized spacial score (nSPS) is 18.3. The topological polar surface area (TPSA) is 112 Å². The van der Waals surface area contributed by atoms with E-state index in [0.29, 0.717) is 11.7 Å². The van der Waals surface area contributed by atoms with Crippen LogP contribution in [0.2, 0.25) is 0 Å². The fourth-order valence-corrected chi connectivity index (χ4v) is 3.37. The van der Waals surface area contributed by atoms with Crippen LogP contribution in [0.1, 0.15) is 43.0 Å². The molecule has 0 heterocycles. The predicted molar refractivity (Wildman–Crippen MR) is 104 cm³/mol. The number of hydrogen-bond donors (Lipinski definition) is 2. The average Bonchev–Trinajstić information content (AvgIpc) is 2.72. The Kier molecular flexibility index (Phi) is 8.11. The lowest BCUT2D eigenvalue weighted by atomic mass is 9.86. The highest BCUT2D eigenvalue weighted by Gasteiger charge is 2.25. The van der Waals surface area contributed by atoms with Crippen LogP contribution < -0.4 is 24.8 Å². The van der Waals surface area contributed by atoms with Gasteiger partial charge in [0.15, 0.2) is 18.1 Å². The second kappa shape index (κ2) is 10.5. The number of amides is 3. The van der Waals surface area contributed by atoms with Crippen molar-refractivity contribution >= 4 is 17.9 Å². The fourth-order valence-electron chi connectivity index (χ4n) is 3.37. The van der Waals surface area contributed by atoms with Crippen LogP contribution in [0.15, 0.2) is 12.1 Å². The van der Waals surface area contributed by atoms with Gasteiger partial charge in [-0.15, -0.1) is 0 Å². The van der Waals surface area contributed by atoms with Crippen LogP contribution in [0.25, 0.3) is 0 Å². The lowest BCUT2D eigenvalue weighted by molar-refractivity contribution is -0.123. The third-order valence-corrected chi connectivity index (χ3v) is 4.94. The largest absolute Gasteiger partial charge is 0.493 e. The number of rotatable bonds is 7. The number of carbonyl (C=O) groups is 3. The van der Waals surface area contributed by atoms with Gasteiger partial charge in [0.2, 0.25) is 5.75 Å². The van der Waals surface area contributed by atoms with Gasteiger partial charge >= 0.3 is 12.0 Å². The molecule has 2 atom stereocenters. The van der Waals surface area contributed by atoms with Crippen molar-refractivity contribution < 1.29 is 33.3 Å². The van der Waals surface area contributed by atoms with Crippen molar-refractivity contribution in [1.29, 1.82) is 0 Å². The van der Waals surface area contributed by atoms with Gasteiger partial charge in [-0.05, 0) is 30.9 Å². The minimum absolute atomic E-state index is 0.0372. The van der Waals surface area contributed by atoms with Crippen molar-refractivity contribution in [3.8, 4) is 17.2 Å². The lowest BCUT2D eigenvalue weighted by Gasteiger charge is -2.29. The summed E-state index contributed by atoms with van der Waals surface area (Å²) < 4.78 is 20.6. The summed E-state index contributed by atoms with van der Waals surface area (Å²) in [5.41, 5.74) is 0.0680. The van der Waals surface area contributed by atoms with Gasteiger partial charge < -0.3 is 24.3 Å². The van der Waals surface area contributed by atoms with Gasteiger partial charge in [-0.3, -0.25) is 10.1 Å². The standard InChI is InChI=1S/C20H28N2O7/c1-12-7-5-6-8-14(12)21-20(25)22-16(23)11-29-19(24)13-9-10-15(26-2)18(28-4)17(13)27-3/h9-10,12,14H,5-8,11H2,1-4H3,(H2,21,22,23,25)/t12-,14-/m0/s1. The number of imide groups is 1. The van der Waals surface area contributed by atoms with Gasteiger partial charge in [0, 0.05) is 6.04 Å². The molecule has 9 nitrogen and oxygen atoms in total. The van der Waals surface area contributed by atoms with Gasteiger partial charge in [0.05, 0.1) is 21.3 Å². The van der Waals surface area contributed by atoms with Crippen molar-refractivity contribution in [3.05, 3.63) is 17.7 Å². The summed E-state index contributed by atoms with van der Waals surface area (Å²) in [6.07, 6.45) is 4.13. The van der Waals surface area contributed by atoms with Crippen molar-refractivity contribution in [3.63, 3.8) is 0 Å². The van der Waals surface area contributed by atoms with Gasteiger partial charge in [0.1, 0.15) is 5.56 Å². The molecule has 1 aromatic carbocycles. The Hall–Kier alpha value is -2.97. The molecule has 29 heavy (non-hydrogen) atoms. The first-order valence-corrected chi connectivity index (χ1v) is 9.47. The summed E-state index contributed by atoms with van der Waals surface area (Å²) in [6, 6.07) is 2.41. The Balaban J connectivity index is 1.91. The zero-order chi connectivity index (χ0) is 21.4. The van der Waals surface area contributed by atoms with Crippen LogP contribution in [0.4, 0.5) is 4.79 Å². The van der Waals surface area contributed by atoms with E-state index in [-0.39, 0.29) is 23.1 Å². The number of esters is 1. The highest BCUT2D eigenvalue weighted by atomic mass is 16.5. The first kappa shape index (κ1) is 22.3. The molecule has 0 bridgehead atoms. The van der Waals surface area contributed by atoms with E-state index in [0.717, 1.165) is 25.7 Å². The molecule has 0 saturated heterocycles. The number of benzene rings is 1. The second-order valence-corrected chi connectivity index (χ2v) is 6.85. The molecule has 1 aliphatic rings. The van der Waals surface area contributed by atoms with Crippen LogP contribution >= 0.6 is 0 Å². The molecule has 160 valence electrons. The molecular formula is C20H28N2O7. The molecule has 1 fully saturated rings. The quantitative estimate of drug-likeness (QED) is 0.666. The molecule has 3 amide bonds. The summed E-state index contributed by atoms with van der Waals surface area (Å²) >= 11 is 0. The first-order chi connectivity index (χ1) is 13.9. The van der Waals surface area contributed by atoms with E-state index < -0.39 is 24.5 Å². The van der Waals surface area contributed by atoms with Crippen molar-refractivity contribution in [2.75, 3.05) is 27.9 Å². The number of ether oxygens (including phenoxy) is 4. The molecule has 0 aromatic heterocycles. The zero-order valence-corrected chi connectivity index (χ0v) is 17.2. The molecule has 2 N–H and O–H groups in total. The first-order valence-electron chi connectivity index (χ1n) is 9.47. The summed E-state index contributed by atoms with van der Waals surface area (Å²) in [4.78, 5) is 36.3. The predicted octanol–water partition coefficient (Wildman–Crippen LogP) is 2.27. The molecule has 1 aliphatic carbocycles. The molecule has 0 aliphatic heterocycles. The summed E-state index contributed by atoms with van der Waals surface area (Å²) in [5.74, 6) is -0.415. The monoisotopic (exact) mass is 408 g/mol. The van der Waals surface area contributed by atoms with Gasteiger partial charge in [-0.1, -0.05) is 19.8 Å². The smallest absolute Gasteiger partial charge is 0.342 e. The minimum Gasteiger partial charge on any atom is -0.493 e. The highest BCUT2D eigenvalue weighted by Crippen LogP contribution is 2.39. The van der Waals surface area contributed by atoms with Gasteiger partial charge in [-0.25, -0.2) is 9.59 Å². The van der Waals surface area contributed by atoms with Gasteiger partial charge in [0.25, 0.3) is 5.91 Å². The maximum Gasteiger partial charge on any atom is 0.342 e. The van der Waals surface area contributed by atoms with Crippen LogP contribution in [0.3, 0.4) is 0 Å². The maximum atomic E-state index is 12.4. The maximum absolute atomic E-state index is 12.4. The minimum atomic E-state index is -0.792. The van der Waals surface area contributed by atoms with Crippen LogP contribution in [0, 0.1) is 5.92 Å². The van der Waals surface area contributed by atoms with Crippen molar-refractivity contribution in [2.24, 2.45) is 5.92 Å². The second-order valence-electron chi connectivity index (χ2n) is 6.85. The third-order valence-electron chi connectivity index (χ3n) is 4.94. The average molecular weight is 408 g/mol. The van der Waals surface area contributed by atoms with Crippen LogP contribution in [-0.2, 0) is 9.53 Å². The molecule has 2 rings (SSSR count). The lowest BCUT2D eigenvalue weighted by Crippen LogP contribution is -2.48. The van der Waals surface area contributed by atoms with E-state index in [1.807, 2.05) is 0 Å². The van der Waals surface area contributed by atoms with Crippen molar-refractivity contribution in [2.45, 2.75) is 38.6 Å². The molecule has 1 saturated carbocycles. The summed E-state index contributed by atoms with van der Waals surface area (Å²) in [5, 5.41) is 4.98. The fraction of sp³-hybridized carbons (Fsp3) is 0.550. The van der Waals surface area contributed by atoms with Crippen molar-refractivity contribution in [1.82, 2.24) is 10.6 Å². The Bertz CT molecular complexity index is 751.